The molecular formula is C13H19NO. The second-order valence-electron chi connectivity index (χ2n) is 4.47. The summed E-state index contributed by atoms with van der Waals surface area (Å²) in [5, 5.41) is 3.55. The van der Waals surface area contributed by atoms with Crippen molar-refractivity contribution < 1.29 is 4.74 Å². The molecule has 82 valence electrons. The molecule has 1 aliphatic heterocycles. The lowest BCUT2D eigenvalue weighted by Crippen LogP contribution is -2.46. The largest absolute Gasteiger partial charge is 0.378 e. The highest BCUT2D eigenvalue weighted by Crippen LogP contribution is 2.18. The zero-order valence-electron chi connectivity index (χ0n) is 9.71. The van der Waals surface area contributed by atoms with Gasteiger partial charge in [-0.05, 0) is 37.5 Å². The summed E-state index contributed by atoms with van der Waals surface area (Å²) in [7, 11) is 0. The fourth-order valence-electron chi connectivity index (χ4n) is 1.82. The normalized spacial score (nSPS) is 18.6. The van der Waals surface area contributed by atoms with Crippen LogP contribution in [0, 0.1) is 13.8 Å². The monoisotopic (exact) mass is 205 g/mol. The van der Waals surface area contributed by atoms with Gasteiger partial charge in [-0.1, -0.05) is 18.2 Å². The molecular weight excluding hydrogens is 186 g/mol. The summed E-state index contributed by atoms with van der Waals surface area (Å²) in [5.74, 6) is 0. The molecule has 1 aromatic carbocycles. The van der Waals surface area contributed by atoms with E-state index in [-0.39, 0.29) is 0 Å². The van der Waals surface area contributed by atoms with E-state index in [1.54, 1.807) is 0 Å². The standard InChI is InChI=1S/C13H19NO/c1-9-4-5-12(6-10(9)2)11(3)14-13-7-15-8-13/h4-6,11,13-14H,7-8H2,1-3H3. The van der Waals surface area contributed by atoms with Crippen molar-refractivity contribution in [3.8, 4) is 0 Å². The molecule has 1 unspecified atom stereocenters. The first-order valence-electron chi connectivity index (χ1n) is 5.58. The number of aryl methyl sites for hydroxylation is 2. The molecule has 15 heavy (non-hydrogen) atoms. The number of hydrogen-bond donors (Lipinski definition) is 1. The summed E-state index contributed by atoms with van der Waals surface area (Å²) in [4.78, 5) is 0. The van der Waals surface area contributed by atoms with Gasteiger partial charge in [0, 0.05) is 6.04 Å². The SMILES string of the molecule is Cc1ccc(C(C)NC2COC2)cc1C. The molecule has 1 N–H and O–H groups in total. The van der Waals surface area contributed by atoms with Crippen LogP contribution in [-0.4, -0.2) is 19.3 Å². The van der Waals surface area contributed by atoms with Crippen molar-refractivity contribution in [2.75, 3.05) is 13.2 Å². The maximum Gasteiger partial charge on any atom is 0.0643 e. The van der Waals surface area contributed by atoms with Crippen LogP contribution in [0.15, 0.2) is 18.2 Å². The Morgan fingerprint density at radius 3 is 2.53 bits per heavy atom. The third kappa shape index (κ3) is 2.39. The molecule has 0 aromatic heterocycles. The maximum atomic E-state index is 5.15. The van der Waals surface area contributed by atoms with E-state index in [2.05, 4.69) is 44.3 Å². The van der Waals surface area contributed by atoms with Gasteiger partial charge in [0.25, 0.3) is 0 Å². The van der Waals surface area contributed by atoms with Gasteiger partial charge in [-0.2, -0.15) is 0 Å². The molecule has 2 nitrogen and oxygen atoms in total. The van der Waals surface area contributed by atoms with Crippen LogP contribution in [0.25, 0.3) is 0 Å². The maximum absolute atomic E-state index is 5.15. The second kappa shape index (κ2) is 4.33. The Bertz CT molecular complexity index is 344. The average molecular weight is 205 g/mol. The van der Waals surface area contributed by atoms with Crippen LogP contribution in [0.1, 0.15) is 29.7 Å². The molecule has 0 aliphatic carbocycles. The van der Waals surface area contributed by atoms with Crippen LogP contribution in [-0.2, 0) is 4.74 Å². The quantitative estimate of drug-likeness (QED) is 0.818. The van der Waals surface area contributed by atoms with E-state index in [0.29, 0.717) is 12.1 Å². The molecule has 1 fully saturated rings. The first-order chi connectivity index (χ1) is 7.16. The van der Waals surface area contributed by atoms with Crippen molar-refractivity contribution in [3.63, 3.8) is 0 Å². The lowest BCUT2D eigenvalue weighted by atomic mass is 10.0. The smallest absolute Gasteiger partial charge is 0.0643 e. The highest BCUT2D eigenvalue weighted by atomic mass is 16.5. The van der Waals surface area contributed by atoms with Crippen molar-refractivity contribution in [3.05, 3.63) is 34.9 Å². The van der Waals surface area contributed by atoms with Gasteiger partial charge in [-0.25, -0.2) is 0 Å². The van der Waals surface area contributed by atoms with Gasteiger partial charge < -0.3 is 10.1 Å². The summed E-state index contributed by atoms with van der Waals surface area (Å²) < 4.78 is 5.15. The number of nitrogens with one attached hydrogen (secondary N) is 1. The van der Waals surface area contributed by atoms with E-state index in [0.717, 1.165) is 13.2 Å². The molecule has 0 spiro atoms. The van der Waals surface area contributed by atoms with Gasteiger partial charge in [-0.15, -0.1) is 0 Å². The Morgan fingerprint density at radius 2 is 2.00 bits per heavy atom. The first kappa shape index (κ1) is 10.7. The van der Waals surface area contributed by atoms with Gasteiger partial charge in [0.2, 0.25) is 0 Å². The highest BCUT2D eigenvalue weighted by molar-refractivity contribution is 5.31. The van der Waals surface area contributed by atoms with E-state index in [1.165, 1.54) is 16.7 Å². The number of ether oxygens (including phenoxy) is 1. The summed E-state index contributed by atoms with van der Waals surface area (Å²) >= 11 is 0. The van der Waals surface area contributed by atoms with Crippen LogP contribution < -0.4 is 5.32 Å². The van der Waals surface area contributed by atoms with Crippen LogP contribution in [0.5, 0.6) is 0 Å². The van der Waals surface area contributed by atoms with Crippen molar-refractivity contribution >= 4 is 0 Å². The summed E-state index contributed by atoms with van der Waals surface area (Å²) in [6.07, 6.45) is 0. The minimum Gasteiger partial charge on any atom is -0.378 e. The van der Waals surface area contributed by atoms with Crippen molar-refractivity contribution in [2.24, 2.45) is 0 Å². The Hall–Kier alpha value is -0.860. The van der Waals surface area contributed by atoms with Gasteiger partial charge in [-0.3, -0.25) is 0 Å². The lowest BCUT2D eigenvalue weighted by molar-refractivity contribution is -0.00925. The van der Waals surface area contributed by atoms with Crippen LogP contribution in [0.3, 0.4) is 0 Å². The minimum absolute atomic E-state index is 0.415. The van der Waals surface area contributed by atoms with Crippen LogP contribution in [0.4, 0.5) is 0 Å². The van der Waals surface area contributed by atoms with E-state index in [9.17, 15) is 0 Å². The lowest BCUT2D eigenvalue weighted by Gasteiger charge is -2.30. The zero-order chi connectivity index (χ0) is 10.8. The van der Waals surface area contributed by atoms with Crippen molar-refractivity contribution in [1.29, 1.82) is 0 Å². The topological polar surface area (TPSA) is 21.3 Å². The molecule has 1 saturated heterocycles. The van der Waals surface area contributed by atoms with Gasteiger partial charge in [0.1, 0.15) is 0 Å². The zero-order valence-corrected chi connectivity index (χ0v) is 9.71. The molecule has 1 aliphatic rings. The third-order valence-electron chi connectivity index (χ3n) is 3.15. The highest BCUT2D eigenvalue weighted by Gasteiger charge is 2.20. The van der Waals surface area contributed by atoms with Gasteiger partial charge >= 0.3 is 0 Å². The third-order valence-corrected chi connectivity index (χ3v) is 3.15. The van der Waals surface area contributed by atoms with Crippen LogP contribution in [0.2, 0.25) is 0 Å². The van der Waals surface area contributed by atoms with E-state index < -0.39 is 0 Å². The Labute approximate surface area is 91.6 Å². The van der Waals surface area contributed by atoms with E-state index >= 15 is 0 Å². The predicted molar refractivity (Wildman–Crippen MR) is 62.1 cm³/mol. The summed E-state index contributed by atoms with van der Waals surface area (Å²) in [5.41, 5.74) is 4.09. The molecule has 0 radical (unpaired) electrons. The van der Waals surface area contributed by atoms with E-state index in [1.807, 2.05) is 0 Å². The average Bonchev–Trinajstić information content (AvgIpc) is 2.15. The second-order valence-corrected chi connectivity index (χ2v) is 4.47. The number of rotatable bonds is 3. The van der Waals surface area contributed by atoms with Gasteiger partial charge in [0.05, 0.1) is 19.3 Å². The molecule has 0 amide bonds. The number of benzene rings is 1. The molecule has 2 heteroatoms. The molecule has 0 bridgehead atoms. The molecule has 0 saturated carbocycles. The Morgan fingerprint density at radius 1 is 1.27 bits per heavy atom. The van der Waals surface area contributed by atoms with Crippen molar-refractivity contribution in [1.82, 2.24) is 5.32 Å². The van der Waals surface area contributed by atoms with Crippen molar-refractivity contribution in [2.45, 2.75) is 32.9 Å². The molecule has 1 aromatic rings. The fourth-order valence-corrected chi connectivity index (χ4v) is 1.82. The first-order valence-corrected chi connectivity index (χ1v) is 5.58. The molecule has 2 rings (SSSR count). The summed E-state index contributed by atoms with van der Waals surface area (Å²) in [6, 6.07) is 7.63. The minimum atomic E-state index is 0.415. The molecule has 1 atom stereocenters. The summed E-state index contributed by atoms with van der Waals surface area (Å²) in [6.45, 7) is 8.24. The molecule has 1 heterocycles. The Kier molecular flexibility index (Phi) is 3.08. The fraction of sp³-hybridized carbons (Fsp3) is 0.538. The van der Waals surface area contributed by atoms with Gasteiger partial charge in [0.15, 0.2) is 0 Å². The van der Waals surface area contributed by atoms with E-state index in [4.69, 9.17) is 4.74 Å². The number of hydrogen-bond acceptors (Lipinski definition) is 2. The van der Waals surface area contributed by atoms with Crippen LogP contribution >= 0.6 is 0 Å². The predicted octanol–water partition coefficient (Wildman–Crippen LogP) is 2.35. The Balaban J connectivity index is 2.03.